The molecular weight excluding hydrogens is 364 g/mol. The minimum absolute atomic E-state index is 0.0112. The van der Waals surface area contributed by atoms with E-state index in [4.69, 9.17) is 9.31 Å². The van der Waals surface area contributed by atoms with E-state index in [1.54, 1.807) is 7.05 Å². The maximum absolute atomic E-state index is 12.6. The van der Waals surface area contributed by atoms with Crippen molar-refractivity contribution in [3.05, 3.63) is 23.9 Å². The molecule has 0 aliphatic rings. The fourth-order valence-electron chi connectivity index (χ4n) is 2.02. The summed E-state index contributed by atoms with van der Waals surface area (Å²) in [4.78, 5) is 26.6. The van der Waals surface area contributed by atoms with Crippen molar-refractivity contribution in [1.29, 1.82) is 0 Å². The third-order valence-electron chi connectivity index (χ3n) is 4.04. The zero-order chi connectivity index (χ0) is 21.3. The highest BCUT2D eigenvalue weighted by Crippen LogP contribution is 2.27. The van der Waals surface area contributed by atoms with E-state index in [0.29, 0.717) is 6.20 Å². The zero-order valence-corrected chi connectivity index (χ0v) is 16.5. The second kappa shape index (κ2) is 11.0. The second-order valence-electron chi connectivity index (χ2n) is 6.11. The van der Waals surface area contributed by atoms with Crippen LogP contribution in [0.2, 0.25) is 0 Å². The summed E-state index contributed by atoms with van der Waals surface area (Å²) in [5.41, 5.74) is -0.870. The van der Waals surface area contributed by atoms with E-state index in [2.05, 4.69) is 4.98 Å². The molecule has 0 aromatic carbocycles. The highest BCUT2D eigenvalue weighted by atomic mass is 19.4. The molecule has 0 spiro atoms. The summed E-state index contributed by atoms with van der Waals surface area (Å²) in [5.74, 6) is -0.647. The maximum atomic E-state index is 12.6. The van der Waals surface area contributed by atoms with Gasteiger partial charge in [0.2, 0.25) is 0 Å². The summed E-state index contributed by atoms with van der Waals surface area (Å²) in [6.45, 7) is 7.77. The first kappa shape index (κ1) is 25.1. The van der Waals surface area contributed by atoms with E-state index in [-0.39, 0.29) is 29.2 Å². The summed E-state index contributed by atoms with van der Waals surface area (Å²) in [7, 11) is 1.75. The third kappa shape index (κ3) is 7.68. The Morgan fingerprint density at radius 1 is 1.33 bits per heavy atom. The van der Waals surface area contributed by atoms with Crippen LogP contribution in [0.15, 0.2) is 18.3 Å². The number of hydrogen-bond acceptors (Lipinski definition) is 5. The lowest BCUT2D eigenvalue weighted by atomic mass is 9.83. The van der Waals surface area contributed by atoms with Crippen molar-refractivity contribution >= 4 is 25.0 Å². The fourth-order valence-corrected chi connectivity index (χ4v) is 2.02. The normalized spacial score (nSPS) is 13.3. The van der Waals surface area contributed by atoms with Crippen LogP contribution in [0.3, 0.4) is 0 Å². The molecule has 0 saturated heterocycles. The van der Waals surface area contributed by atoms with Crippen LogP contribution >= 0.6 is 0 Å². The monoisotopic (exact) mass is 391 g/mol. The van der Waals surface area contributed by atoms with Crippen molar-refractivity contribution in [2.75, 3.05) is 27.2 Å². The molecule has 1 atom stereocenters. The number of halogens is 3. The first-order valence-corrected chi connectivity index (χ1v) is 8.56. The van der Waals surface area contributed by atoms with Gasteiger partial charge in [-0.3, -0.25) is 9.78 Å². The summed E-state index contributed by atoms with van der Waals surface area (Å²) in [6.07, 6.45) is -3.13. The minimum Gasteiger partial charge on any atom is -0.501 e. The summed E-state index contributed by atoms with van der Waals surface area (Å²) >= 11 is 0. The molecule has 0 saturated carbocycles. The van der Waals surface area contributed by atoms with Crippen LogP contribution in [0.1, 0.15) is 33.3 Å². The second-order valence-corrected chi connectivity index (χ2v) is 6.11. The molecule has 0 fully saturated rings. The number of quaternary nitrogens is 1. The lowest BCUT2D eigenvalue weighted by molar-refractivity contribution is -0.914. The lowest BCUT2D eigenvalue weighted by Gasteiger charge is -2.35. The minimum atomic E-state index is -4.50. The van der Waals surface area contributed by atoms with E-state index in [9.17, 15) is 22.8 Å². The molecule has 27 heavy (non-hydrogen) atoms. The standard InChI is InChI=1S/C15H21BF3N2O4.C2H6/c1-11(2)21(3,7-8-22)10-14(23)25-16(24-4)13-6-5-12(9-20-13)15(17,18)19;1-2/h5-6,8-9,11H,7,10H2,1-4H3;1-2H3/q+1;. The van der Waals surface area contributed by atoms with Gasteiger partial charge < -0.3 is 13.8 Å². The predicted octanol–water partition coefficient (Wildman–Crippen LogP) is 2.07. The van der Waals surface area contributed by atoms with Crippen molar-refractivity contribution in [2.24, 2.45) is 0 Å². The number of rotatable bonds is 8. The van der Waals surface area contributed by atoms with Crippen molar-refractivity contribution in [1.82, 2.24) is 4.98 Å². The number of pyridine rings is 1. The highest BCUT2D eigenvalue weighted by molar-refractivity contribution is 6.61. The fraction of sp³-hybridized carbons (Fsp3) is 0.588. The van der Waals surface area contributed by atoms with Crippen LogP contribution in [0, 0.1) is 0 Å². The molecule has 1 unspecified atom stereocenters. The molecule has 0 aliphatic carbocycles. The Hall–Kier alpha value is -1.94. The molecular formula is C17H27BF3N2O4+. The van der Waals surface area contributed by atoms with Gasteiger partial charge in [-0.1, -0.05) is 13.8 Å². The van der Waals surface area contributed by atoms with Crippen LogP contribution < -0.4 is 5.59 Å². The van der Waals surface area contributed by atoms with E-state index in [0.717, 1.165) is 18.4 Å². The van der Waals surface area contributed by atoms with Gasteiger partial charge >= 0.3 is 19.3 Å². The number of carbonyl (C=O) groups is 2. The third-order valence-corrected chi connectivity index (χ3v) is 4.04. The van der Waals surface area contributed by atoms with Gasteiger partial charge in [-0.2, -0.15) is 13.2 Å². The number of aromatic nitrogens is 1. The van der Waals surface area contributed by atoms with E-state index < -0.39 is 24.8 Å². The Morgan fingerprint density at radius 2 is 1.93 bits per heavy atom. The summed E-state index contributed by atoms with van der Waals surface area (Å²) < 4.78 is 48.0. The Balaban J connectivity index is 0.00000326. The number of hydrogen-bond donors (Lipinski definition) is 0. The Morgan fingerprint density at radius 3 is 2.30 bits per heavy atom. The topological polar surface area (TPSA) is 65.5 Å². The van der Waals surface area contributed by atoms with Crippen LogP contribution in [-0.2, 0) is 25.1 Å². The number of likely N-dealkylation sites (N-methyl/N-ethyl adjacent to an activating group) is 1. The average Bonchev–Trinajstić information content (AvgIpc) is 2.60. The molecule has 152 valence electrons. The average molecular weight is 391 g/mol. The number of alkyl halides is 3. The maximum Gasteiger partial charge on any atom is 0.584 e. The van der Waals surface area contributed by atoms with Crippen LogP contribution in [-0.4, -0.2) is 62.1 Å². The molecule has 10 heteroatoms. The molecule has 0 amide bonds. The largest absolute Gasteiger partial charge is 0.584 e. The highest BCUT2D eigenvalue weighted by Gasteiger charge is 2.35. The Bertz CT molecular complexity index is 597. The summed E-state index contributed by atoms with van der Waals surface area (Å²) in [5, 5.41) is 0. The predicted molar refractivity (Wildman–Crippen MR) is 96.2 cm³/mol. The SMILES string of the molecule is CC.COB(OC(=O)C[N+](C)(CC=O)C(C)C)c1ccc(C(F)(F)F)cn1. The van der Waals surface area contributed by atoms with Gasteiger partial charge in [-0.15, -0.1) is 0 Å². The van der Waals surface area contributed by atoms with Crippen molar-refractivity contribution in [3.8, 4) is 0 Å². The number of nitrogens with zero attached hydrogens (tertiary/aromatic N) is 2. The molecule has 1 aromatic rings. The van der Waals surface area contributed by atoms with Gasteiger partial charge in [0.15, 0.2) is 12.8 Å². The lowest BCUT2D eigenvalue weighted by Crippen LogP contribution is -2.55. The van der Waals surface area contributed by atoms with Crippen LogP contribution in [0.4, 0.5) is 13.2 Å². The molecule has 0 bridgehead atoms. The molecule has 1 rings (SSSR count). The van der Waals surface area contributed by atoms with Crippen LogP contribution in [0.5, 0.6) is 0 Å². The van der Waals surface area contributed by atoms with Crippen LogP contribution in [0.25, 0.3) is 0 Å². The van der Waals surface area contributed by atoms with Gasteiger partial charge in [-0.05, 0) is 26.0 Å². The number of aldehydes is 1. The van der Waals surface area contributed by atoms with Gasteiger partial charge in [0.05, 0.1) is 24.2 Å². The van der Waals surface area contributed by atoms with Gasteiger partial charge in [0.1, 0.15) is 6.54 Å². The molecule has 0 N–H and O–H groups in total. The molecule has 0 radical (unpaired) electrons. The van der Waals surface area contributed by atoms with E-state index >= 15 is 0 Å². The van der Waals surface area contributed by atoms with E-state index in [1.165, 1.54) is 7.11 Å². The van der Waals surface area contributed by atoms with E-state index in [1.807, 2.05) is 27.7 Å². The van der Waals surface area contributed by atoms with Crippen molar-refractivity contribution in [3.63, 3.8) is 0 Å². The van der Waals surface area contributed by atoms with Gasteiger partial charge in [0, 0.05) is 13.3 Å². The first-order chi connectivity index (χ1) is 12.5. The number of carbonyl (C=O) groups excluding carboxylic acids is 2. The Labute approximate surface area is 158 Å². The van der Waals surface area contributed by atoms with Crippen molar-refractivity contribution in [2.45, 2.75) is 39.9 Å². The van der Waals surface area contributed by atoms with Gasteiger partial charge in [0.25, 0.3) is 0 Å². The first-order valence-electron chi connectivity index (χ1n) is 8.56. The molecule has 1 heterocycles. The van der Waals surface area contributed by atoms with Crippen molar-refractivity contribution < 1.29 is 36.6 Å². The Kier molecular flexibility index (Phi) is 10.2. The summed E-state index contributed by atoms with van der Waals surface area (Å²) in [6, 6.07) is 1.91. The molecule has 6 nitrogen and oxygen atoms in total. The zero-order valence-electron chi connectivity index (χ0n) is 16.5. The smallest absolute Gasteiger partial charge is 0.501 e. The van der Waals surface area contributed by atoms with Gasteiger partial charge in [-0.25, -0.2) is 4.79 Å². The molecule has 0 aliphatic heterocycles. The molecule has 1 aromatic heterocycles. The quantitative estimate of drug-likeness (QED) is 0.386.